The van der Waals surface area contributed by atoms with E-state index < -0.39 is 0 Å². The van der Waals surface area contributed by atoms with Crippen molar-refractivity contribution in [3.8, 4) is 5.75 Å². The van der Waals surface area contributed by atoms with Crippen molar-refractivity contribution in [2.75, 3.05) is 46.5 Å². The maximum absolute atomic E-state index is 5.94. The number of nitrogens with zero attached hydrogens (tertiary/aromatic N) is 3. The van der Waals surface area contributed by atoms with Crippen LogP contribution in [0.4, 0.5) is 0 Å². The number of nitrogens with one attached hydrogen (secondary N) is 2. The molecule has 2 aromatic rings. The van der Waals surface area contributed by atoms with Crippen LogP contribution >= 0.6 is 35.3 Å². The number of thiazole rings is 1. The Balaban J connectivity index is 0.00000320. The van der Waals surface area contributed by atoms with Crippen molar-refractivity contribution >= 4 is 41.3 Å². The number of halogens is 1. The summed E-state index contributed by atoms with van der Waals surface area (Å²) in [6.07, 6.45) is 0. The Bertz CT molecular complexity index is 789. The first-order valence-corrected chi connectivity index (χ1v) is 10.8. The van der Waals surface area contributed by atoms with E-state index in [0.29, 0.717) is 19.7 Å². The number of aryl methyl sites for hydroxylation is 2. The largest absolute Gasteiger partial charge is 0.492 e. The van der Waals surface area contributed by atoms with Gasteiger partial charge in [-0.05, 0) is 31.5 Å². The summed E-state index contributed by atoms with van der Waals surface area (Å²) in [6.45, 7) is 10.7. The van der Waals surface area contributed by atoms with Gasteiger partial charge in [0.05, 0.1) is 25.5 Å². The molecular formula is C21H32IN5O2S. The Labute approximate surface area is 200 Å². The third-order valence-corrected chi connectivity index (χ3v) is 5.91. The molecule has 1 aliphatic rings. The minimum Gasteiger partial charge on any atom is -0.492 e. The van der Waals surface area contributed by atoms with Gasteiger partial charge in [-0.2, -0.15) is 0 Å². The molecular weight excluding hydrogens is 513 g/mol. The lowest BCUT2D eigenvalue weighted by Crippen LogP contribution is -2.38. The minimum absolute atomic E-state index is 0. The zero-order valence-electron chi connectivity index (χ0n) is 17.9. The summed E-state index contributed by atoms with van der Waals surface area (Å²) in [5.74, 6) is 1.66. The highest BCUT2D eigenvalue weighted by molar-refractivity contribution is 14.0. The fourth-order valence-electron chi connectivity index (χ4n) is 3.04. The molecule has 0 atom stereocenters. The van der Waals surface area contributed by atoms with Gasteiger partial charge in [-0.25, -0.2) is 4.98 Å². The first-order valence-electron chi connectivity index (χ1n) is 10.0. The van der Waals surface area contributed by atoms with Gasteiger partial charge in [0.2, 0.25) is 0 Å². The molecule has 0 amide bonds. The summed E-state index contributed by atoms with van der Waals surface area (Å²) < 4.78 is 11.3. The molecule has 166 valence electrons. The second-order valence-electron chi connectivity index (χ2n) is 6.98. The van der Waals surface area contributed by atoms with Crippen molar-refractivity contribution < 1.29 is 9.47 Å². The topological polar surface area (TPSA) is 71.0 Å². The molecule has 2 heterocycles. The molecule has 30 heavy (non-hydrogen) atoms. The predicted molar refractivity (Wildman–Crippen MR) is 133 cm³/mol. The van der Waals surface area contributed by atoms with Crippen molar-refractivity contribution in [3.63, 3.8) is 0 Å². The molecule has 9 heteroatoms. The van der Waals surface area contributed by atoms with E-state index in [4.69, 9.17) is 9.47 Å². The number of guanidine groups is 1. The highest BCUT2D eigenvalue weighted by atomic mass is 127. The Morgan fingerprint density at radius 2 is 2.00 bits per heavy atom. The number of rotatable bonds is 8. The molecule has 0 bridgehead atoms. The normalized spacial score (nSPS) is 14.8. The standard InChI is InChI=1S/C21H31N5O2S.HI/c1-16-17(2)29-20(25-16)15-24-21(22-3)23-14-18-5-4-6-19(13-18)28-12-9-26-7-10-27-11-8-26;/h4-6,13H,7-12,14-15H2,1-3H3,(H2,22,23,24);1H. The van der Waals surface area contributed by atoms with E-state index in [0.717, 1.165) is 60.8 Å². The number of aromatic nitrogens is 1. The summed E-state index contributed by atoms with van der Waals surface area (Å²) >= 11 is 1.72. The van der Waals surface area contributed by atoms with Crippen molar-refractivity contribution in [2.24, 2.45) is 4.99 Å². The third kappa shape index (κ3) is 8.01. The van der Waals surface area contributed by atoms with Gasteiger partial charge >= 0.3 is 0 Å². The summed E-state index contributed by atoms with van der Waals surface area (Å²) in [6, 6.07) is 8.19. The van der Waals surface area contributed by atoms with Gasteiger partial charge in [0.15, 0.2) is 5.96 Å². The van der Waals surface area contributed by atoms with Crippen molar-refractivity contribution in [3.05, 3.63) is 45.4 Å². The Morgan fingerprint density at radius 3 is 2.70 bits per heavy atom. The van der Waals surface area contributed by atoms with Crippen molar-refractivity contribution in [2.45, 2.75) is 26.9 Å². The molecule has 2 N–H and O–H groups in total. The number of ether oxygens (including phenoxy) is 2. The van der Waals surface area contributed by atoms with Gasteiger partial charge in [-0.15, -0.1) is 35.3 Å². The second-order valence-corrected chi connectivity index (χ2v) is 8.27. The van der Waals surface area contributed by atoms with E-state index >= 15 is 0 Å². The quantitative estimate of drug-likeness (QED) is 0.302. The first-order chi connectivity index (χ1) is 14.1. The molecule has 1 aliphatic heterocycles. The van der Waals surface area contributed by atoms with Crippen LogP contribution in [-0.4, -0.2) is 62.3 Å². The highest BCUT2D eigenvalue weighted by Gasteiger charge is 2.10. The minimum atomic E-state index is 0. The number of benzene rings is 1. The molecule has 1 saturated heterocycles. The maximum atomic E-state index is 5.94. The monoisotopic (exact) mass is 545 g/mol. The molecule has 0 radical (unpaired) electrons. The average Bonchev–Trinajstić information content (AvgIpc) is 3.06. The summed E-state index contributed by atoms with van der Waals surface area (Å²) in [5.41, 5.74) is 2.25. The predicted octanol–water partition coefficient (Wildman–Crippen LogP) is 2.95. The number of hydrogen-bond acceptors (Lipinski definition) is 6. The SMILES string of the molecule is CN=C(NCc1cccc(OCCN2CCOCC2)c1)NCc1nc(C)c(C)s1.I. The number of aliphatic imine (C=N–C) groups is 1. The van der Waals surface area contributed by atoms with Gasteiger partial charge in [0.1, 0.15) is 17.4 Å². The van der Waals surface area contributed by atoms with Gasteiger partial charge in [0.25, 0.3) is 0 Å². The number of morpholine rings is 1. The third-order valence-electron chi connectivity index (χ3n) is 4.84. The lowest BCUT2D eigenvalue weighted by atomic mass is 10.2. The van der Waals surface area contributed by atoms with E-state index in [1.807, 2.05) is 19.1 Å². The van der Waals surface area contributed by atoms with Crippen LogP contribution in [0.5, 0.6) is 5.75 Å². The van der Waals surface area contributed by atoms with Crippen LogP contribution in [0.15, 0.2) is 29.3 Å². The van der Waals surface area contributed by atoms with E-state index in [-0.39, 0.29) is 24.0 Å². The molecule has 0 spiro atoms. The van der Waals surface area contributed by atoms with Crippen LogP contribution in [0.25, 0.3) is 0 Å². The molecule has 7 nitrogen and oxygen atoms in total. The molecule has 0 unspecified atom stereocenters. The maximum Gasteiger partial charge on any atom is 0.191 e. The molecule has 1 fully saturated rings. The fourth-order valence-corrected chi connectivity index (χ4v) is 3.92. The van der Waals surface area contributed by atoms with E-state index in [2.05, 4.69) is 44.6 Å². The van der Waals surface area contributed by atoms with Crippen LogP contribution < -0.4 is 15.4 Å². The van der Waals surface area contributed by atoms with Gasteiger partial charge in [-0.3, -0.25) is 9.89 Å². The van der Waals surface area contributed by atoms with Crippen LogP contribution in [-0.2, 0) is 17.8 Å². The van der Waals surface area contributed by atoms with Gasteiger partial charge in [0, 0.05) is 38.1 Å². The van der Waals surface area contributed by atoms with Gasteiger partial charge < -0.3 is 20.1 Å². The lowest BCUT2D eigenvalue weighted by molar-refractivity contribution is 0.0322. The number of hydrogen-bond donors (Lipinski definition) is 2. The molecule has 3 rings (SSSR count). The molecule has 1 aromatic heterocycles. The summed E-state index contributed by atoms with van der Waals surface area (Å²) in [7, 11) is 1.78. The average molecular weight is 545 g/mol. The smallest absolute Gasteiger partial charge is 0.191 e. The Hall–Kier alpha value is -1.43. The van der Waals surface area contributed by atoms with Gasteiger partial charge in [-0.1, -0.05) is 12.1 Å². The van der Waals surface area contributed by atoms with Crippen LogP contribution in [0, 0.1) is 13.8 Å². The zero-order valence-corrected chi connectivity index (χ0v) is 21.1. The van der Waals surface area contributed by atoms with Crippen LogP contribution in [0.2, 0.25) is 0 Å². The summed E-state index contributed by atoms with van der Waals surface area (Å²) in [5, 5.41) is 7.74. The summed E-state index contributed by atoms with van der Waals surface area (Å²) in [4.78, 5) is 12.5. The van der Waals surface area contributed by atoms with E-state index in [1.54, 1.807) is 18.4 Å². The first kappa shape index (κ1) is 24.8. The van der Waals surface area contributed by atoms with Crippen LogP contribution in [0.3, 0.4) is 0 Å². The fraction of sp³-hybridized carbons (Fsp3) is 0.524. The zero-order chi connectivity index (χ0) is 20.5. The van der Waals surface area contributed by atoms with Crippen molar-refractivity contribution in [1.29, 1.82) is 0 Å². The highest BCUT2D eigenvalue weighted by Crippen LogP contribution is 2.16. The van der Waals surface area contributed by atoms with E-state index in [1.165, 1.54) is 4.88 Å². The lowest BCUT2D eigenvalue weighted by Gasteiger charge is -2.26. The second kappa shape index (κ2) is 13.1. The molecule has 1 aromatic carbocycles. The van der Waals surface area contributed by atoms with Crippen molar-refractivity contribution in [1.82, 2.24) is 20.5 Å². The van der Waals surface area contributed by atoms with E-state index in [9.17, 15) is 0 Å². The Kier molecular flexibility index (Phi) is 10.8. The van der Waals surface area contributed by atoms with Crippen LogP contribution in [0.1, 0.15) is 21.1 Å². The molecule has 0 aliphatic carbocycles. The Morgan fingerprint density at radius 1 is 1.23 bits per heavy atom. The molecule has 0 saturated carbocycles.